The molecule has 3 rings (SSSR count). The summed E-state index contributed by atoms with van der Waals surface area (Å²) in [5.74, 6) is 0.224. The SMILES string of the molecule is Cc1ccc(S(=O)(=O)Oc2ccc(-n3cnnn3)cc2)c(C)c1. The number of tetrazole rings is 1. The Morgan fingerprint density at radius 2 is 1.78 bits per heavy atom. The Hall–Kier alpha value is -2.74. The predicted octanol–water partition coefficient (Wildman–Crippen LogP) is 2.05. The van der Waals surface area contributed by atoms with Crippen molar-refractivity contribution in [1.29, 1.82) is 0 Å². The third-order valence-corrected chi connectivity index (χ3v) is 4.66. The van der Waals surface area contributed by atoms with Gasteiger partial charge in [-0.05, 0) is 60.2 Å². The van der Waals surface area contributed by atoms with Crippen LogP contribution in [0, 0.1) is 13.8 Å². The first kappa shape index (κ1) is 15.2. The molecule has 0 amide bonds. The lowest BCUT2D eigenvalue weighted by Crippen LogP contribution is -2.11. The topological polar surface area (TPSA) is 87.0 Å². The summed E-state index contributed by atoms with van der Waals surface area (Å²) < 4.78 is 31.4. The van der Waals surface area contributed by atoms with Crippen molar-refractivity contribution in [2.45, 2.75) is 18.7 Å². The summed E-state index contributed by atoms with van der Waals surface area (Å²) in [5.41, 5.74) is 2.34. The highest BCUT2D eigenvalue weighted by molar-refractivity contribution is 7.87. The average molecular weight is 330 g/mol. The van der Waals surface area contributed by atoms with E-state index in [1.807, 2.05) is 6.92 Å². The van der Waals surface area contributed by atoms with Gasteiger partial charge in [0.25, 0.3) is 0 Å². The lowest BCUT2D eigenvalue weighted by Gasteiger charge is -2.10. The zero-order valence-corrected chi connectivity index (χ0v) is 13.4. The molecule has 0 bridgehead atoms. The molecule has 1 heterocycles. The van der Waals surface area contributed by atoms with E-state index in [0.717, 1.165) is 5.56 Å². The number of nitrogens with zero attached hydrogens (tertiary/aromatic N) is 4. The van der Waals surface area contributed by atoms with Gasteiger partial charge in [-0.3, -0.25) is 0 Å². The molecule has 8 heteroatoms. The number of rotatable bonds is 4. The number of aryl methyl sites for hydroxylation is 2. The molecule has 0 N–H and O–H groups in total. The normalized spacial score (nSPS) is 11.4. The van der Waals surface area contributed by atoms with Gasteiger partial charge in [0.15, 0.2) is 0 Å². The van der Waals surface area contributed by atoms with E-state index in [4.69, 9.17) is 4.18 Å². The largest absolute Gasteiger partial charge is 0.379 e. The van der Waals surface area contributed by atoms with Gasteiger partial charge in [-0.1, -0.05) is 17.7 Å². The van der Waals surface area contributed by atoms with E-state index in [9.17, 15) is 8.42 Å². The summed E-state index contributed by atoms with van der Waals surface area (Å²) in [7, 11) is -3.87. The lowest BCUT2D eigenvalue weighted by molar-refractivity contribution is 0.485. The van der Waals surface area contributed by atoms with Gasteiger partial charge in [0, 0.05) is 0 Å². The van der Waals surface area contributed by atoms with Crippen LogP contribution in [0.3, 0.4) is 0 Å². The molecule has 0 saturated carbocycles. The summed E-state index contributed by atoms with van der Waals surface area (Å²) in [6, 6.07) is 11.5. The molecular weight excluding hydrogens is 316 g/mol. The fourth-order valence-corrected chi connectivity index (χ4v) is 3.33. The summed E-state index contributed by atoms with van der Waals surface area (Å²) in [5, 5.41) is 10.8. The van der Waals surface area contributed by atoms with Crippen LogP contribution in [0.15, 0.2) is 53.7 Å². The number of hydrogen-bond donors (Lipinski definition) is 0. The second-order valence-electron chi connectivity index (χ2n) is 5.05. The maximum atomic E-state index is 12.4. The Morgan fingerprint density at radius 1 is 1.04 bits per heavy atom. The molecule has 0 aliphatic carbocycles. The molecule has 0 spiro atoms. The second-order valence-corrected chi connectivity index (χ2v) is 6.57. The average Bonchev–Trinajstić information content (AvgIpc) is 3.01. The van der Waals surface area contributed by atoms with Gasteiger partial charge in [-0.2, -0.15) is 8.42 Å². The van der Waals surface area contributed by atoms with Crippen molar-refractivity contribution in [2.24, 2.45) is 0 Å². The molecule has 0 aliphatic heterocycles. The van der Waals surface area contributed by atoms with Crippen molar-refractivity contribution in [1.82, 2.24) is 20.2 Å². The minimum Gasteiger partial charge on any atom is -0.379 e. The van der Waals surface area contributed by atoms with Crippen molar-refractivity contribution in [2.75, 3.05) is 0 Å². The molecule has 0 unspecified atom stereocenters. The van der Waals surface area contributed by atoms with Crippen LogP contribution in [0.5, 0.6) is 5.75 Å². The van der Waals surface area contributed by atoms with E-state index in [1.54, 1.807) is 49.4 Å². The quantitative estimate of drug-likeness (QED) is 0.680. The number of hydrogen-bond acceptors (Lipinski definition) is 6. The van der Waals surface area contributed by atoms with Crippen LogP contribution >= 0.6 is 0 Å². The van der Waals surface area contributed by atoms with E-state index in [1.165, 1.54) is 11.0 Å². The fraction of sp³-hybridized carbons (Fsp3) is 0.133. The third kappa shape index (κ3) is 3.21. The maximum absolute atomic E-state index is 12.4. The molecule has 1 aromatic heterocycles. The van der Waals surface area contributed by atoms with Crippen molar-refractivity contribution in [3.8, 4) is 11.4 Å². The summed E-state index contributed by atoms with van der Waals surface area (Å²) in [6.07, 6.45) is 1.45. The third-order valence-electron chi connectivity index (χ3n) is 3.26. The van der Waals surface area contributed by atoms with Crippen molar-refractivity contribution in [3.05, 3.63) is 59.9 Å². The van der Waals surface area contributed by atoms with E-state index in [-0.39, 0.29) is 10.6 Å². The first-order chi connectivity index (χ1) is 11.0. The molecule has 2 aromatic carbocycles. The van der Waals surface area contributed by atoms with Crippen LogP contribution in [-0.2, 0) is 10.1 Å². The Kier molecular flexibility index (Phi) is 3.83. The summed E-state index contributed by atoms with van der Waals surface area (Å²) >= 11 is 0. The lowest BCUT2D eigenvalue weighted by atomic mass is 10.2. The Labute approximate surface area is 133 Å². The zero-order valence-electron chi connectivity index (χ0n) is 12.5. The Balaban J connectivity index is 1.86. The number of aromatic nitrogens is 4. The number of benzene rings is 2. The van der Waals surface area contributed by atoms with Gasteiger partial charge in [0.2, 0.25) is 0 Å². The molecule has 3 aromatic rings. The molecule has 0 saturated heterocycles. The van der Waals surface area contributed by atoms with E-state index < -0.39 is 10.1 Å². The molecule has 0 aliphatic rings. The van der Waals surface area contributed by atoms with Gasteiger partial charge >= 0.3 is 10.1 Å². The first-order valence-corrected chi connectivity index (χ1v) is 8.22. The highest BCUT2D eigenvalue weighted by Gasteiger charge is 2.19. The molecule has 0 atom stereocenters. The van der Waals surface area contributed by atoms with Crippen LogP contribution in [0.4, 0.5) is 0 Å². The smallest absolute Gasteiger partial charge is 0.339 e. The maximum Gasteiger partial charge on any atom is 0.339 e. The van der Waals surface area contributed by atoms with E-state index >= 15 is 0 Å². The highest BCUT2D eigenvalue weighted by atomic mass is 32.2. The van der Waals surface area contributed by atoms with Crippen LogP contribution in [0.1, 0.15) is 11.1 Å². The molecule has 7 nitrogen and oxygen atoms in total. The van der Waals surface area contributed by atoms with Crippen LogP contribution in [0.2, 0.25) is 0 Å². The summed E-state index contributed by atoms with van der Waals surface area (Å²) in [6.45, 7) is 3.64. The fourth-order valence-electron chi connectivity index (χ4n) is 2.19. The summed E-state index contributed by atoms with van der Waals surface area (Å²) in [4.78, 5) is 0.160. The molecular formula is C15H14N4O3S. The molecule has 118 valence electrons. The second kappa shape index (κ2) is 5.81. The van der Waals surface area contributed by atoms with Crippen molar-refractivity contribution < 1.29 is 12.6 Å². The van der Waals surface area contributed by atoms with Gasteiger partial charge in [-0.15, -0.1) is 5.10 Å². The van der Waals surface area contributed by atoms with Gasteiger partial charge in [0.1, 0.15) is 17.0 Å². The highest BCUT2D eigenvalue weighted by Crippen LogP contribution is 2.23. The minimum atomic E-state index is -3.87. The first-order valence-electron chi connectivity index (χ1n) is 6.81. The van der Waals surface area contributed by atoms with Crippen molar-refractivity contribution in [3.63, 3.8) is 0 Å². The predicted molar refractivity (Wildman–Crippen MR) is 82.9 cm³/mol. The van der Waals surface area contributed by atoms with Crippen LogP contribution < -0.4 is 4.18 Å². The molecule has 0 fully saturated rings. The standard InChI is InChI=1S/C15H14N4O3S/c1-11-3-8-15(12(2)9-11)23(20,21)22-14-6-4-13(5-7-14)19-10-16-17-18-19/h3-10H,1-2H3. The van der Waals surface area contributed by atoms with Gasteiger partial charge in [0.05, 0.1) is 5.69 Å². The minimum absolute atomic E-state index is 0.160. The van der Waals surface area contributed by atoms with Gasteiger partial charge in [-0.25, -0.2) is 4.68 Å². The van der Waals surface area contributed by atoms with Crippen LogP contribution in [0.25, 0.3) is 5.69 Å². The van der Waals surface area contributed by atoms with E-state index in [2.05, 4.69) is 15.5 Å². The zero-order chi connectivity index (χ0) is 16.4. The van der Waals surface area contributed by atoms with Gasteiger partial charge < -0.3 is 4.18 Å². The molecule has 23 heavy (non-hydrogen) atoms. The Bertz CT molecular complexity index is 920. The Morgan fingerprint density at radius 3 is 2.39 bits per heavy atom. The monoisotopic (exact) mass is 330 g/mol. The van der Waals surface area contributed by atoms with E-state index in [0.29, 0.717) is 11.3 Å². The van der Waals surface area contributed by atoms with Crippen LogP contribution in [-0.4, -0.2) is 28.6 Å². The molecule has 0 radical (unpaired) electrons. The van der Waals surface area contributed by atoms with Crippen molar-refractivity contribution >= 4 is 10.1 Å².